The van der Waals surface area contributed by atoms with Gasteiger partial charge in [0.25, 0.3) is 0 Å². The number of hydrogen-bond donors (Lipinski definition) is 0. The summed E-state index contributed by atoms with van der Waals surface area (Å²) in [5.74, 6) is 1.11. The van der Waals surface area contributed by atoms with E-state index in [0.29, 0.717) is 12.5 Å². The highest BCUT2D eigenvalue weighted by atomic mass is 19.5. The number of likely N-dealkylation sites (N-methyl/N-ethyl adjacent to an activating group) is 1. The van der Waals surface area contributed by atoms with Gasteiger partial charge in [-0.3, -0.25) is 9.69 Å². The lowest BCUT2D eigenvalue weighted by Gasteiger charge is -2.35. The Morgan fingerprint density at radius 1 is 0.733 bits per heavy atom. The first-order chi connectivity index (χ1) is 13.3. The van der Waals surface area contributed by atoms with Crippen molar-refractivity contribution >= 4 is 27.7 Å². The molecule has 18 heteroatoms. The predicted octanol–water partition coefficient (Wildman–Crippen LogP) is 5.24. The number of halogens is 12. The van der Waals surface area contributed by atoms with Gasteiger partial charge in [-0.2, -0.15) is 0 Å². The van der Waals surface area contributed by atoms with Gasteiger partial charge in [0, 0.05) is 19.6 Å². The smallest absolute Gasteiger partial charge is 0.418 e. The van der Waals surface area contributed by atoms with Gasteiger partial charge in [-0.1, -0.05) is 19.3 Å². The summed E-state index contributed by atoms with van der Waals surface area (Å²) in [7, 11) is -16.0. The molecular weight excluding hydrogens is 449 g/mol. The first-order valence-corrected chi connectivity index (χ1v) is 8.84. The van der Waals surface area contributed by atoms with Crippen LogP contribution in [0.4, 0.5) is 51.8 Å². The van der Waals surface area contributed by atoms with E-state index in [1.165, 1.54) is 32.1 Å². The van der Waals surface area contributed by atoms with Gasteiger partial charge in [-0.05, 0) is 25.8 Å². The highest BCUT2D eigenvalue weighted by Gasteiger charge is 2.25. The molecule has 2 rings (SSSR count). The van der Waals surface area contributed by atoms with Crippen molar-refractivity contribution in [3.63, 3.8) is 0 Å². The van der Waals surface area contributed by atoms with Crippen LogP contribution in [0.15, 0.2) is 0 Å². The highest BCUT2D eigenvalue weighted by molar-refractivity contribution is 6.50. The summed E-state index contributed by atoms with van der Waals surface area (Å²) in [5.41, 5.74) is 0. The molecule has 0 spiro atoms. The fourth-order valence-corrected chi connectivity index (χ4v) is 2.70. The number of hydrogen-bond acceptors (Lipinski definition) is 2. The Morgan fingerprint density at radius 2 is 1.10 bits per heavy atom. The largest absolute Gasteiger partial charge is 0.673 e. The molecule has 1 aliphatic heterocycles. The summed E-state index contributed by atoms with van der Waals surface area (Å²) < 4.78 is 117. The molecular formula is C12H22B3F12N2O-3. The van der Waals surface area contributed by atoms with Crippen LogP contribution in [0.25, 0.3) is 0 Å². The van der Waals surface area contributed by atoms with E-state index in [-0.39, 0.29) is 0 Å². The molecule has 1 aliphatic carbocycles. The molecule has 0 aromatic rings. The molecule has 30 heavy (non-hydrogen) atoms. The minimum absolute atomic E-state index is 0.328. The lowest BCUT2D eigenvalue weighted by molar-refractivity contribution is -0.136. The second-order valence-electron chi connectivity index (χ2n) is 6.57. The van der Waals surface area contributed by atoms with E-state index in [9.17, 15) is 56.6 Å². The van der Waals surface area contributed by atoms with Gasteiger partial charge >= 0.3 is 21.8 Å². The first-order valence-electron chi connectivity index (χ1n) is 8.84. The molecule has 2 aliphatic rings. The monoisotopic (exact) mass is 471 g/mol. The van der Waals surface area contributed by atoms with E-state index in [1.807, 2.05) is 7.05 Å². The van der Waals surface area contributed by atoms with Crippen LogP contribution in [0.5, 0.6) is 0 Å². The molecule has 0 radical (unpaired) electrons. The third-order valence-corrected chi connectivity index (χ3v) is 3.71. The number of piperazine rings is 1. The summed E-state index contributed by atoms with van der Waals surface area (Å²) in [5, 5.41) is 0. The Labute approximate surface area is 166 Å². The Bertz CT molecular complexity index is 422. The summed E-state index contributed by atoms with van der Waals surface area (Å²) in [6, 6.07) is 0. The predicted molar refractivity (Wildman–Crippen MR) is 91.2 cm³/mol. The summed E-state index contributed by atoms with van der Waals surface area (Å²) in [6.45, 7) is 3.61. The fourth-order valence-electron chi connectivity index (χ4n) is 2.70. The van der Waals surface area contributed by atoms with Crippen LogP contribution in [0.3, 0.4) is 0 Å². The molecule has 3 nitrogen and oxygen atoms in total. The SMILES string of the molecule is CN1CCN(CC2CCCCC2)C(=O)C1.F[B-](F)(F)F.F[B-](F)(F)F.F[B-](F)(F)F. The van der Waals surface area contributed by atoms with Crippen LogP contribution in [-0.2, 0) is 4.79 Å². The van der Waals surface area contributed by atoms with Gasteiger partial charge in [-0.15, -0.1) is 0 Å². The molecule has 182 valence electrons. The van der Waals surface area contributed by atoms with Crippen molar-refractivity contribution in [2.75, 3.05) is 33.2 Å². The van der Waals surface area contributed by atoms with Gasteiger partial charge in [0.2, 0.25) is 5.91 Å². The number of amides is 1. The van der Waals surface area contributed by atoms with E-state index in [1.54, 1.807) is 0 Å². The van der Waals surface area contributed by atoms with Crippen LogP contribution in [0.1, 0.15) is 32.1 Å². The summed E-state index contributed by atoms with van der Waals surface area (Å²) >= 11 is 0. The third-order valence-electron chi connectivity index (χ3n) is 3.71. The van der Waals surface area contributed by atoms with E-state index in [2.05, 4.69) is 9.80 Å². The van der Waals surface area contributed by atoms with Crippen LogP contribution in [-0.4, -0.2) is 70.7 Å². The zero-order chi connectivity index (χ0) is 24.2. The Morgan fingerprint density at radius 3 is 1.43 bits per heavy atom. The molecule has 2 fully saturated rings. The van der Waals surface area contributed by atoms with E-state index in [0.717, 1.165) is 25.6 Å². The van der Waals surface area contributed by atoms with Gasteiger partial charge in [0.15, 0.2) is 0 Å². The molecule has 1 saturated heterocycles. The van der Waals surface area contributed by atoms with E-state index < -0.39 is 21.8 Å². The zero-order valence-corrected chi connectivity index (χ0v) is 16.0. The zero-order valence-electron chi connectivity index (χ0n) is 16.0. The maximum atomic E-state index is 11.8. The first kappa shape index (κ1) is 31.0. The van der Waals surface area contributed by atoms with Gasteiger partial charge < -0.3 is 56.7 Å². The van der Waals surface area contributed by atoms with Crippen molar-refractivity contribution in [1.82, 2.24) is 9.80 Å². The number of carbonyl (C=O) groups is 1. The molecule has 0 unspecified atom stereocenters. The normalized spacial score (nSPS) is 19.0. The summed E-state index contributed by atoms with van der Waals surface area (Å²) in [4.78, 5) is 16.0. The minimum atomic E-state index is -6.00. The fraction of sp³-hybridized carbons (Fsp3) is 0.917. The van der Waals surface area contributed by atoms with Crippen molar-refractivity contribution in [3.8, 4) is 0 Å². The van der Waals surface area contributed by atoms with Crippen molar-refractivity contribution in [2.45, 2.75) is 32.1 Å². The number of rotatable bonds is 2. The Hall–Kier alpha value is -1.22. The van der Waals surface area contributed by atoms with Crippen molar-refractivity contribution < 1.29 is 56.6 Å². The standard InChI is InChI=1S/C12H22N2O.3BF4/c1-13-7-8-14(12(15)10-13)9-11-5-3-2-4-6-11;3*2-1(3,4)5/h11H,2-10H2,1H3;;;/q;3*-1. The topological polar surface area (TPSA) is 23.6 Å². The number of nitrogens with zero attached hydrogens (tertiary/aromatic N) is 2. The molecule has 1 saturated carbocycles. The van der Waals surface area contributed by atoms with Crippen LogP contribution >= 0.6 is 0 Å². The highest BCUT2D eigenvalue weighted by Crippen LogP contribution is 2.24. The quantitative estimate of drug-likeness (QED) is 0.407. The third kappa shape index (κ3) is 31.5. The maximum Gasteiger partial charge on any atom is 0.673 e. The van der Waals surface area contributed by atoms with Crippen LogP contribution in [0.2, 0.25) is 0 Å². The van der Waals surface area contributed by atoms with Crippen LogP contribution < -0.4 is 0 Å². The summed E-state index contributed by atoms with van der Waals surface area (Å²) in [6.07, 6.45) is 6.80. The Balaban J connectivity index is 0. The van der Waals surface area contributed by atoms with Crippen molar-refractivity contribution in [2.24, 2.45) is 5.92 Å². The molecule has 1 heterocycles. The minimum Gasteiger partial charge on any atom is -0.418 e. The lowest BCUT2D eigenvalue weighted by atomic mass is 9.89. The van der Waals surface area contributed by atoms with E-state index >= 15 is 0 Å². The molecule has 0 aromatic heterocycles. The second-order valence-corrected chi connectivity index (χ2v) is 6.57. The average molecular weight is 471 g/mol. The second kappa shape index (κ2) is 14.0. The van der Waals surface area contributed by atoms with Crippen molar-refractivity contribution in [3.05, 3.63) is 0 Å². The molecule has 1 amide bonds. The lowest BCUT2D eigenvalue weighted by Crippen LogP contribution is -2.50. The average Bonchev–Trinajstić information content (AvgIpc) is 2.46. The molecule has 0 N–H and O–H groups in total. The maximum absolute atomic E-state index is 11.8. The van der Waals surface area contributed by atoms with Gasteiger partial charge in [0.05, 0.1) is 6.54 Å². The molecule has 0 bridgehead atoms. The Kier molecular flexibility index (Phi) is 14.4. The molecule has 0 aromatic carbocycles. The van der Waals surface area contributed by atoms with E-state index in [4.69, 9.17) is 0 Å². The van der Waals surface area contributed by atoms with Gasteiger partial charge in [-0.25, -0.2) is 0 Å². The number of carbonyl (C=O) groups excluding carboxylic acids is 1. The van der Waals surface area contributed by atoms with Crippen LogP contribution in [0, 0.1) is 5.92 Å². The van der Waals surface area contributed by atoms with Crippen molar-refractivity contribution in [1.29, 1.82) is 0 Å². The molecule has 0 atom stereocenters. The van der Waals surface area contributed by atoms with Gasteiger partial charge in [0.1, 0.15) is 0 Å².